The first-order valence-electron chi connectivity index (χ1n) is 4.53. The Morgan fingerprint density at radius 2 is 2.07 bits per heavy atom. The highest BCUT2D eigenvalue weighted by Crippen LogP contribution is 2.12. The van der Waals surface area contributed by atoms with Gasteiger partial charge in [0, 0.05) is 23.5 Å². The molecule has 0 radical (unpaired) electrons. The molecule has 15 heavy (non-hydrogen) atoms. The fourth-order valence-corrected chi connectivity index (χ4v) is 1.39. The first-order valence-corrected chi connectivity index (χ1v) is 4.53. The molecule has 0 fully saturated rings. The van der Waals surface area contributed by atoms with Crippen LogP contribution in [0.25, 0.3) is 5.78 Å². The molecule has 0 aromatic carbocycles. The molecule has 0 spiro atoms. The van der Waals surface area contributed by atoms with E-state index < -0.39 is 0 Å². The van der Waals surface area contributed by atoms with Crippen LogP contribution in [0.3, 0.4) is 0 Å². The van der Waals surface area contributed by atoms with Gasteiger partial charge >= 0.3 is 0 Å². The van der Waals surface area contributed by atoms with Crippen LogP contribution < -0.4 is 10.3 Å². The molecule has 2 rings (SSSR count). The number of hydrogen-bond acceptors (Lipinski definition) is 4. The SMILES string of the molecule is COc1nc2ncc(C)c(=O)n2cc1C. The summed E-state index contributed by atoms with van der Waals surface area (Å²) >= 11 is 0. The minimum Gasteiger partial charge on any atom is -0.481 e. The quantitative estimate of drug-likeness (QED) is 0.688. The number of ether oxygens (including phenoxy) is 1. The van der Waals surface area contributed by atoms with Crippen LogP contribution in [0.15, 0.2) is 17.2 Å². The highest BCUT2D eigenvalue weighted by Gasteiger charge is 2.06. The van der Waals surface area contributed by atoms with Gasteiger partial charge in [0.2, 0.25) is 11.7 Å². The fourth-order valence-electron chi connectivity index (χ4n) is 1.39. The highest BCUT2D eigenvalue weighted by atomic mass is 16.5. The van der Waals surface area contributed by atoms with Crippen molar-refractivity contribution in [3.05, 3.63) is 33.9 Å². The lowest BCUT2D eigenvalue weighted by Gasteiger charge is -2.06. The molecule has 78 valence electrons. The molecule has 0 bridgehead atoms. The largest absolute Gasteiger partial charge is 0.481 e. The Morgan fingerprint density at radius 3 is 2.73 bits per heavy atom. The van der Waals surface area contributed by atoms with Crippen molar-refractivity contribution in [1.29, 1.82) is 0 Å². The molecule has 2 aromatic heterocycles. The van der Waals surface area contributed by atoms with Crippen LogP contribution in [0.4, 0.5) is 0 Å². The topological polar surface area (TPSA) is 56.5 Å². The molecule has 0 aliphatic heterocycles. The lowest BCUT2D eigenvalue weighted by atomic mass is 10.3. The van der Waals surface area contributed by atoms with Crippen molar-refractivity contribution in [2.45, 2.75) is 13.8 Å². The molecule has 2 aromatic rings. The van der Waals surface area contributed by atoms with Gasteiger partial charge < -0.3 is 4.74 Å². The van der Waals surface area contributed by atoms with E-state index in [0.29, 0.717) is 17.2 Å². The van der Waals surface area contributed by atoms with Gasteiger partial charge in [0.25, 0.3) is 5.56 Å². The molecule has 5 heteroatoms. The first kappa shape index (κ1) is 9.64. The summed E-state index contributed by atoms with van der Waals surface area (Å²) in [6, 6.07) is 0. The summed E-state index contributed by atoms with van der Waals surface area (Å²) in [4.78, 5) is 19.9. The van der Waals surface area contributed by atoms with Crippen LogP contribution in [0.2, 0.25) is 0 Å². The van der Waals surface area contributed by atoms with E-state index in [0.717, 1.165) is 5.56 Å². The molecule has 0 aliphatic rings. The molecular formula is C10H11N3O2. The van der Waals surface area contributed by atoms with E-state index >= 15 is 0 Å². The Labute approximate surface area is 86.4 Å². The Bertz CT molecular complexity index is 575. The third-order valence-corrected chi connectivity index (χ3v) is 2.20. The van der Waals surface area contributed by atoms with Gasteiger partial charge in [-0.1, -0.05) is 0 Å². The maximum atomic E-state index is 11.7. The third-order valence-electron chi connectivity index (χ3n) is 2.20. The van der Waals surface area contributed by atoms with E-state index in [1.807, 2.05) is 6.92 Å². The van der Waals surface area contributed by atoms with Crippen molar-refractivity contribution in [1.82, 2.24) is 14.4 Å². The minimum atomic E-state index is -0.0988. The van der Waals surface area contributed by atoms with Crippen LogP contribution in [-0.2, 0) is 0 Å². The van der Waals surface area contributed by atoms with Crippen LogP contribution >= 0.6 is 0 Å². The maximum absolute atomic E-state index is 11.7. The van der Waals surface area contributed by atoms with E-state index in [-0.39, 0.29) is 5.56 Å². The maximum Gasteiger partial charge on any atom is 0.261 e. The van der Waals surface area contributed by atoms with E-state index in [2.05, 4.69) is 9.97 Å². The Hall–Kier alpha value is -1.91. The number of aromatic nitrogens is 3. The number of rotatable bonds is 1. The van der Waals surface area contributed by atoms with E-state index in [1.165, 1.54) is 17.7 Å². The normalized spacial score (nSPS) is 10.6. The monoisotopic (exact) mass is 205 g/mol. The Balaban J connectivity index is 2.88. The van der Waals surface area contributed by atoms with Crippen molar-refractivity contribution in [3.8, 4) is 5.88 Å². The van der Waals surface area contributed by atoms with Gasteiger partial charge in [-0.15, -0.1) is 0 Å². The Morgan fingerprint density at radius 1 is 1.33 bits per heavy atom. The van der Waals surface area contributed by atoms with E-state index in [9.17, 15) is 4.79 Å². The fraction of sp³-hybridized carbons (Fsp3) is 0.300. The molecule has 0 unspecified atom stereocenters. The summed E-state index contributed by atoms with van der Waals surface area (Å²) in [5.41, 5.74) is 1.30. The molecule has 0 atom stereocenters. The van der Waals surface area contributed by atoms with Crippen molar-refractivity contribution < 1.29 is 4.74 Å². The van der Waals surface area contributed by atoms with Crippen LogP contribution in [0.1, 0.15) is 11.1 Å². The molecule has 5 nitrogen and oxygen atoms in total. The van der Waals surface area contributed by atoms with Gasteiger partial charge in [0.05, 0.1) is 7.11 Å². The van der Waals surface area contributed by atoms with Crippen molar-refractivity contribution in [2.24, 2.45) is 0 Å². The van der Waals surface area contributed by atoms with Crippen LogP contribution in [-0.4, -0.2) is 21.5 Å². The van der Waals surface area contributed by atoms with Gasteiger partial charge in [0.1, 0.15) is 0 Å². The molecule has 0 saturated heterocycles. The smallest absolute Gasteiger partial charge is 0.261 e. The molecular weight excluding hydrogens is 194 g/mol. The van der Waals surface area contributed by atoms with Gasteiger partial charge in [-0.25, -0.2) is 4.98 Å². The lowest BCUT2D eigenvalue weighted by molar-refractivity contribution is 0.394. The predicted molar refractivity (Wildman–Crippen MR) is 55.3 cm³/mol. The molecule has 0 amide bonds. The van der Waals surface area contributed by atoms with Crippen LogP contribution in [0.5, 0.6) is 5.88 Å². The summed E-state index contributed by atoms with van der Waals surface area (Å²) in [5, 5.41) is 0. The van der Waals surface area contributed by atoms with Gasteiger partial charge in [0.15, 0.2) is 0 Å². The van der Waals surface area contributed by atoms with Crippen molar-refractivity contribution in [3.63, 3.8) is 0 Å². The van der Waals surface area contributed by atoms with E-state index in [4.69, 9.17) is 4.74 Å². The molecule has 0 N–H and O–H groups in total. The number of aryl methyl sites for hydroxylation is 2. The molecule has 2 heterocycles. The van der Waals surface area contributed by atoms with Crippen molar-refractivity contribution >= 4 is 5.78 Å². The summed E-state index contributed by atoms with van der Waals surface area (Å²) in [6.07, 6.45) is 3.20. The van der Waals surface area contributed by atoms with Gasteiger partial charge in [-0.2, -0.15) is 4.98 Å². The predicted octanol–water partition coefficient (Wildman–Crippen LogP) is 0.715. The second-order valence-electron chi connectivity index (χ2n) is 3.35. The standard InChI is InChI=1S/C10H11N3O2/c1-6-4-11-10-12-8(15-3)7(2)5-13(10)9(6)14/h4-5H,1-3H3. The van der Waals surface area contributed by atoms with Gasteiger partial charge in [-0.3, -0.25) is 9.20 Å². The van der Waals surface area contributed by atoms with Gasteiger partial charge in [-0.05, 0) is 13.8 Å². The molecule has 0 aliphatic carbocycles. The van der Waals surface area contributed by atoms with Crippen molar-refractivity contribution in [2.75, 3.05) is 7.11 Å². The zero-order valence-corrected chi connectivity index (χ0v) is 8.81. The second-order valence-corrected chi connectivity index (χ2v) is 3.35. The zero-order chi connectivity index (χ0) is 11.0. The summed E-state index contributed by atoms with van der Waals surface area (Å²) in [7, 11) is 1.54. The number of hydrogen-bond donors (Lipinski definition) is 0. The number of methoxy groups -OCH3 is 1. The number of fused-ring (bicyclic) bond motifs is 1. The van der Waals surface area contributed by atoms with E-state index in [1.54, 1.807) is 13.1 Å². The Kier molecular flexibility index (Phi) is 2.15. The number of nitrogens with zero attached hydrogens (tertiary/aromatic N) is 3. The average Bonchev–Trinajstić information content (AvgIpc) is 2.24. The van der Waals surface area contributed by atoms with Crippen LogP contribution in [0, 0.1) is 13.8 Å². The first-order chi connectivity index (χ1) is 7.13. The molecule has 0 saturated carbocycles. The summed E-state index contributed by atoms with van der Waals surface area (Å²) < 4.78 is 6.48. The average molecular weight is 205 g/mol. The third kappa shape index (κ3) is 1.45. The second kappa shape index (κ2) is 3.34. The highest BCUT2D eigenvalue weighted by molar-refractivity contribution is 5.36. The summed E-state index contributed by atoms with van der Waals surface area (Å²) in [5.74, 6) is 0.846. The zero-order valence-electron chi connectivity index (χ0n) is 8.81. The minimum absolute atomic E-state index is 0.0988. The summed E-state index contributed by atoms with van der Waals surface area (Å²) in [6.45, 7) is 3.56. The lowest BCUT2D eigenvalue weighted by Crippen LogP contribution is -2.18.